The molecule has 0 bridgehead atoms. The molecule has 1 amide bonds. The molecule has 2 atom stereocenters. The smallest absolute Gasteiger partial charge is 0.424 e. The topological polar surface area (TPSA) is 32.8 Å². The summed E-state index contributed by atoms with van der Waals surface area (Å²) in [4.78, 5) is 12.1. The molecule has 0 spiro atoms. The molecule has 2 aliphatic heterocycles. The monoisotopic (exact) mass is 274 g/mol. The second-order valence-corrected chi connectivity index (χ2v) is 5.63. The summed E-state index contributed by atoms with van der Waals surface area (Å²) in [5.41, 5.74) is 1.26. The van der Waals surface area contributed by atoms with Crippen LogP contribution in [-0.4, -0.2) is 41.3 Å². The van der Waals surface area contributed by atoms with Crippen molar-refractivity contribution in [2.45, 2.75) is 44.7 Å². The number of hydrogen-bond acceptors (Lipinski definition) is 3. The third-order valence-electron chi connectivity index (χ3n) is 4.34. The molecule has 0 unspecified atom stereocenters. The lowest BCUT2D eigenvalue weighted by Crippen LogP contribution is -2.50. The fraction of sp³-hybridized carbons (Fsp3) is 0.562. The van der Waals surface area contributed by atoms with Gasteiger partial charge in [0.25, 0.3) is 0 Å². The Kier molecular flexibility index (Phi) is 3.92. The van der Waals surface area contributed by atoms with Crippen LogP contribution in [0.15, 0.2) is 30.3 Å². The molecule has 0 aromatic heterocycles. The van der Waals surface area contributed by atoms with Crippen LogP contribution in [0.25, 0.3) is 0 Å². The molecule has 1 aromatic carbocycles. The number of hydrazine groups is 1. The summed E-state index contributed by atoms with van der Waals surface area (Å²) in [6.45, 7) is 3.66. The van der Waals surface area contributed by atoms with Crippen molar-refractivity contribution in [1.82, 2.24) is 10.0 Å². The van der Waals surface area contributed by atoms with Crippen LogP contribution >= 0.6 is 0 Å². The summed E-state index contributed by atoms with van der Waals surface area (Å²) in [7, 11) is 0. The van der Waals surface area contributed by atoms with Gasteiger partial charge < -0.3 is 4.74 Å². The van der Waals surface area contributed by atoms with E-state index in [0.717, 1.165) is 19.4 Å². The molecule has 0 N–H and O–H groups in total. The standard InChI is InChI=1S/C16H22N2O2/c1-2-14-9-6-10-17(14)18-15(12-20-16(18)19)11-13-7-4-3-5-8-13/h3-5,7-8,14-15H,2,6,9-12H2,1H3/t14-,15-/m0/s1. The molecule has 3 rings (SSSR count). The second kappa shape index (κ2) is 5.83. The number of carbonyl (C=O) groups is 1. The number of benzene rings is 1. The number of ether oxygens (including phenoxy) is 1. The molecule has 0 radical (unpaired) electrons. The van der Waals surface area contributed by atoms with Crippen LogP contribution in [0.4, 0.5) is 4.79 Å². The molecule has 2 heterocycles. The van der Waals surface area contributed by atoms with E-state index in [4.69, 9.17) is 4.74 Å². The van der Waals surface area contributed by atoms with Crippen LogP contribution in [0.3, 0.4) is 0 Å². The summed E-state index contributed by atoms with van der Waals surface area (Å²) in [6, 6.07) is 11.0. The minimum Gasteiger partial charge on any atom is -0.446 e. The Bertz CT molecular complexity index is 463. The first-order chi connectivity index (χ1) is 9.79. The van der Waals surface area contributed by atoms with E-state index < -0.39 is 0 Å². The quantitative estimate of drug-likeness (QED) is 0.846. The van der Waals surface area contributed by atoms with E-state index in [9.17, 15) is 4.79 Å². The van der Waals surface area contributed by atoms with Crippen molar-refractivity contribution < 1.29 is 9.53 Å². The molecular weight excluding hydrogens is 252 g/mol. The van der Waals surface area contributed by atoms with E-state index in [-0.39, 0.29) is 12.1 Å². The highest BCUT2D eigenvalue weighted by Crippen LogP contribution is 2.28. The molecule has 2 saturated heterocycles. The van der Waals surface area contributed by atoms with Crippen LogP contribution in [0.1, 0.15) is 31.7 Å². The molecule has 108 valence electrons. The third kappa shape index (κ3) is 2.52. The molecule has 2 fully saturated rings. The summed E-state index contributed by atoms with van der Waals surface area (Å²) in [6.07, 6.45) is 4.12. The van der Waals surface area contributed by atoms with Gasteiger partial charge in [-0.25, -0.2) is 14.8 Å². The Morgan fingerprint density at radius 2 is 2.05 bits per heavy atom. The molecular formula is C16H22N2O2. The first-order valence-corrected chi connectivity index (χ1v) is 7.56. The average molecular weight is 274 g/mol. The van der Waals surface area contributed by atoms with Crippen molar-refractivity contribution in [1.29, 1.82) is 0 Å². The van der Waals surface area contributed by atoms with E-state index in [2.05, 4.69) is 24.1 Å². The van der Waals surface area contributed by atoms with Crippen LogP contribution in [0.2, 0.25) is 0 Å². The van der Waals surface area contributed by atoms with E-state index in [1.54, 1.807) is 0 Å². The van der Waals surface area contributed by atoms with Gasteiger partial charge in [-0.05, 0) is 31.2 Å². The highest BCUT2D eigenvalue weighted by atomic mass is 16.6. The van der Waals surface area contributed by atoms with Crippen LogP contribution in [0, 0.1) is 0 Å². The predicted molar refractivity (Wildman–Crippen MR) is 77.1 cm³/mol. The number of rotatable bonds is 4. The number of nitrogens with zero attached hydrogens (tertiary/aromatic N) is 2. The second-order valence-electron chi connectivity index (χ2n) is 5.63. The van der Waals surface area contributed by atoms with Gasteiger partial charge in [0.2, 0.25) is 0 Å². The Morgan fingerprint density at radius 3 is 2.80 bits per heavy atom. The summed E-state index contributed by atoms with van der Waals surface area (Å²) in [5.74, 6) is 0. The van der Waals surface area contributed by atoms with Gasteiger partial charge in [-0.1, -0.05) is 37.3 Å². The molecule has 0 aliphatic carbocycles. The van der Waals surface area contributed by atoms with Gasteiger partial charge in [0.05, 0.1) is 6.04 Å². The van der Waals surface area contributed by atoms with Crippen molar-refractivity contribution >= 4 is 6.09 Å². The Balaban J connectivity index is 1.75. The number of hydrogen-bond donors (Lipinski definition) is 0. The summed E-state index contributed by atoms with van der Waals surface area (Å²) < 4.78 is 5.30. The molecule has 20 heavy (non-hydrogen) atoms. The minimum absolute atomic E-state index is 0.136. The Hall–Kier alpha value is -1.55. The number of carbonyl (C=O) groups excluding carboxylic acids is 1. The zero-order chi connectivity index (χ0) is 13.9. The Morgan fingerprint density at radius 1 is 1.25 bits per heavy atom. The lowest BCUT2D eigenvalue weighted by molar-refractivity contribution is -0.0139. The van der Waals surface area contributed by atoms with Crippen LogP contribution in [0.5, 0.6) is 0 Å². The maximum absolute atomic E-state index is 12.1. The minimum atomic E-state index is -0.175. The van der Waals surface area contributed by atoms with Crippen molar-refractivity contribution in [3.63, 3.8) is 0 Å². The van der Waals surface area contributed by atoms with Gasteiger partial charge in [-0.15, -0.1) is 0 Å². The number of cyclic esters (lactones) is 1. The van der Waals surface area contributed by atoms with Crippen LogP contribution < -0.4 is 0 Å². The highest BCUT2D eigenvalue weighted by molar-refractivity contribution is 5.69. The fourth-order valence-corrected chi connectivity index (χ4v) is 3.32. The van der Waals surface area contributed by atoms with Gasteiger partial charge in [0.15, 0.2) is 0 Å². The SMILES string of the molecule is CC[C@H]1CCCN1N1C(=O)OC[C@@H]1Cc1ccccc1. The lowest BCUT2D eigenvalue weighted by Gasteiger charge is -2.34. The largest absolute Gasteiger partial charge is 0.446 e. The van der Waals surface area contributed by atoms with E-state index in [0.29, 0.717) is 12.6 Å². The van der Waals surface area contributed by atoms with Crippen LogP contribution in [-0.2, 0) is 11.2 Å². The van der Waals surface area contributed by atoms with E-state index in [1.807, 2.05) is 23.2 Å². The molecule has 1 aromatic rings. The third-order valence-corrected chi connectivity index (χ3v) is 4.34. The first kappa shape index (κ1) is 13.4. The molecule has 4 nitrogen and oxygen atoms in total. The molecule has 4 heteroatoms. The maximum atomic E-state index is 12.1. The maximum Gasteiger partial charge on any atom is 0.424 e. The molecule has 2 aliphatic rings. The van der Waals surface area contributed by atoms with Gasteiger partial charge in [0, 0.05) is 12.6 Å². The van der Waals surface area contributed by atoms with Gasteiger partial charge in [0.1, 0.15) is 6.61 Å². The van der Waals surface area contributed by atoms with Crippen molar-refractivity contribution in [3.8, 4) is 0 Å². The summed E-state index contributed by atoms with van der Waals surface area (Å²) in [5, 5.41) is 4.12. The first-order valence-electron chi connectivity index (χ1n) is 7.56. The van der Waals surface area contributed by atoms with Crippen molar-refractivity contribution in [3.05, 3.63) is 35.9 Å². The average Bonchev–Trinajstić information content (AvgIpc) is 3.06. The van der Waals surface area contributed by atoms with Crippen molar-refractivity contribution in [2.24, 2.45) is 0 Å². The summed E-state index contributed by atoms with van der Waals surface area (Å²) >= 11 is 0. The predicted octanol–water partition coefficient (Wildman–Crippen LogP) is 2.84. The Labute approximate surface area is 120 Å². The van der Waals surface area contributed by atoms with Crippen molar-refractivity contribution in [2.75, 3.05) is 13.2 Å². The van der Waals surface area contributed by atoms with Gasteiger partial charge in [-0.3, -0.25) is 0 Å². The molecule has 0 saturated carbocycles. The van der Waals surface area contributed by atoms with Gasteiger partial charge in [-0.2, -0.15) is 0 Å². The number of amides is 1. The van der Waals surface area contributed by atoms with E-state index >= 15 is 0 Å². The fourth-order valence-electron chi connectivity index (χ4n) is 3.32. The zero-order valence-corrected chi connectivity index (χ0v) is 12.0. The highest BCUT2D eigenvalue weighted by Gasteiger charge is 2.41. The normalized spacial score (nSPS) is 27.1. The zero-order valence-electron chi connectivity index (χ0n) is 12.0. The van der Waals surface area contributed by atoms with E-state index in [1.165, 1.54) is 18.4 Å². The van der Waals surface area contributed by atoms with Gasteiger partial charge >= 0.3 is 6.09 Å². The lowest BCUT2D eigenvalue weighted by atomic mass is 10.1.